The molecule has 0 bridgehead atoms. The molecule has 3 aliphatic carbocycles. The lowest BCUT2D eigenvalue weighted by Gasteiger charge is -2.50. The van der Waals surface area contributed by atoms with Crippen LogP contribution in [0.15, 0.2) is 16.9 Å². The number of rotatable bonds is 4. The molecule has 1 saturated carbocycles. The number of aromatic nitrogens is 1. The van der Waals surface area contributed by atoms with Crippen LogP contribution in [-0.2, 0) is 20.8 Å². The predicted molar refractivity (Wildman–Crippen MR) is 135 cm³/mol. The number of nitrogens with two attached hydrogens (primary N) is 1. The first kappa shape index (κ1) is 26.9. The summed E-state index contributed by atoms with van der Waals surface area (Å²) in [4.78, 5) is 44.7. The van der Waals surface area contributed by atoms with E-state index in [0.29, 0.717) is 12.1 Å². The number of hydrogen-bond donors (Lipinski definition) is 6. The number of aliphatic hydroxyl groups excluding tert-OH is 2. The average Bonchev–Trinajstić information content (AvgIpc) is 2.76. The summed E-state index contributed by atoms with van der Waals surface area (Å²) in [7, 11) is 3.08. The van der Waals surface area contributed by atoms with Gasteiger partial charge in [0, 0.05) is 23.6 Å². The van der Waals surface area contributed by atoms with Crippen LogP contribution >= 0.6 is 11.6 Å². The summed E-state index contributed by atoms with van der Waals surface area (Å²) in [5.41, 5.74) is 1.57. The highest BCUT2D eigenvalue weighted by Gasteiger charge is 2.64. The molecule has 37 heavy (non-hydrogen) atoms. The molecule has 1 aromatic rings. The first-order valence-electron chi connectivity index (χ1n) is 11.8. The second-order valence-corrected chi connectivity index (χ2v) is 11.7. The van der Waals surface area contributed by atoms with Crippen molar-refractivity contribution < 1.29 is 34.8 Å². The van der Waals surface area contributed by atoms with Crippen molar-refractivity contribution in [2.45, 2.75) is 45.3 Å². The van der Waals surface area contributed by atoms with Gasteiger partial charge in [0.25, 0.3) is 5.91 Å². The van der Waals surface area contributed by atoms with E-state index in [-0.39, 0.29) is 40.4 Å². The number of nitrogens with one attached hydrogen (secondary N) is 1. The number of fused-ring (bicyclic) bond motifs is 3. The summed E-state index contributed by atoms with van der Waals surface area (Å²) in [5.74, 6) is -7.19. The van der Waals surface area contributed by atoms with Crippen LogP contribution in [0.3, 0.4) is 0 Å². The number of aromatic hydroxyl groups is 1. The van der Waals surface area contributed by atoms with Crippen LogP contribution in [0.2, 0.25) is 5.15 Å². The molecule has 0 spiro atoms. The number of carbonyl (C=O) groups is 3. The molecule has 0 unspecified atom stereocenters. The fraction of sp³-hybridized carbons (Fsp3) is 0.520. The van der Waals surface area contributed by atoms with E-state index in [1.165, 1.54) is 4.90 Å². The first-order valence-corrected chi connectivity index (χ1v) is 12.2. The smallest absolute Gasteiger partial charge is 0.255 e. The summed E-state index contributed by atoms with van der Waals surface area (Å²) < 4.78 is 0. The number of amides is 1. The summed E-state index contributed by atoms with van der Waals surface area (Å²) >= 11 is 6.45. The number of halogens is 1. The first-order chi connectivity index (χ1) is 17.0. The van der Waals surface area contributed by atoms with Crippen LogP contribution in [-0.4, -0.2) is 80.1 Å². The Hall–Kier alpha value is -3.15. The number of likely N-dealkylation sites (N-methyl/N-ethyl adjacent to an activating group) is 1. The number of aliphatic hydroxyl groups is 3. The van der Waals surface area contributed by atoms with Crippen molar-refractivity contribution >= 4 is 40.7 Å². The molecule has 4 atom stereocenters. The van der Waals surface area contributed by atoms with Crippen molar-refractivity contribution in [1.82, 2.24) is 9.88 Å². The minimum atomic E-state index is -2.69. The van der Waals surface area contributed by atoms with Gasteiger partial charge < -0.3 is 31.5 Å². The standard InChI is InChI=1S/C25H31ClN4O7/c1-24(2,3)8-28-23-18(33)13-10(21(26)29-23)6-9-7-11-15(30(4)5)17(32)14(22(27)36)20(35)25(11,37)19(34)12(9)16(13)31/h9,11,15,31,33,35,37H,6-8H2,1-5H3,(H2,27,36)(H,28,29)/t9-,11-,15-,25-/m0/s1. The average molecular weight is 535 g/mol. The molecule has 3 aliphatic rings. The van der Waals surface area contributed by atoms with Crippen molar-refractivity contribution in [2.75, 3.05) is 26.0 Å². The zero-order valence-electron chi connectivity index (χ0n) is 21.2. The highest BCUT2D eigenvalue weighted by atomic mass is 35.5. The molecule has 0 saturated heterocycles. The summed E-state index contributed by atoms with van der Waals surface area (Å²) in [6, 6.07) is -1.15. The van der Waals surface area contributed by atoms with Gasteiger partial charge in [0.1, 0.15) is 22.2 Å². The molecule has 1 fully saturated rings. The van der Waals surface area contributed by atoms with Crippen LogP contribution in [0.25, 0.3) is 5.76 Å². The van der Waals surface area contributed by atoms with Crippen molar-refractivity contribution in [1.29, 1.82) is 0 Å². The van der Waals surface area contributed by atoms with Gasteiger partial charge in [-0.2, -0.15) is 0 Å². The van der Waals surface area contributed by atoms with E-state index in [1.54, 1.807) is 14.1 Å². The van der Waals surface area contributed by atoms with Crippen LogP contribution in [0.4, 0.5) is 5.82 Å². The highest BCUT2D eigenvalue weighted by molar-refractivity contribution is 6.31. The third-order valence-corrected chi connectivity index (χ3v) is 7.63. The van der Waals surface area contributed by atoms with Gasteiger partial charge in [0.15, 0.2) is 23.0 Å². The van der Waals surface area contributed by atoms with Gasteiger partial charge in [-0.1, -0.05) is 32.4 Å². The Morgan fingerprint density at radius 3 is 2.41 bits per heavy atom. The van der Waals surface area contributed by atoms with E-state index >= 15 is 0 Å². The number of anilines is 1. The molecule has 0 aliphatic heterocycles. The molecule has 1 heterocycles. The maximum absolute atomic E-state index is 13.8. The second-order valence-electron chi connectivity index (χ2n) is 11.3. The fourth-order valence-corrected chi connectivity index (χ4v) is 5.89. The van der Waals surface area contributed by atoms with Crippen molar-refractivity contribution in [3.63, 3.8) is 0 Å². The minimum Gasteiger partial charge on any atom is -0.508 e. The number of Topliss-reactive ketones (excluding diaryl/α,β-unsaturated/α-hetero) is 2. The SMILES string of the molecule is CN(C)[C@@H]1C(=O)C(C(N)=O)=C(O)[C@@]2(O)C(=O)C3=C(O)c4c(O)c(NCC(C)(C)C)nc(Cl)c4C[C@H]3C[C@@H]12. The van der Waals surface area contributed by atoms with Crippen LogP contribution in [0, 0.1) is 17.3 Å². The molecule has 11 nitrogen and oxygen atoms in total. The summed E-state index contributed by atoms with van der Waals surface area (Å²) in [6.07, 6.45) is 0.0559. The van der Waals surface area contributed by atoms with E-state index in [0.717, 1.165) is 0 Å². The number of pyridine rings is 1. The van der Waals surface area contributed by atoms with Crippen molar-refractivity contribution in [3.8, 4) is 5.75 Å². The predicted octanol–water partition coefficient (Wildman–Crippen LogP) is 1.47. The highest BCUT2D eigenvalue weighted by Crippen LogP contribution is 2.53. The Bertz CT molecular complexity index is 1300. The van der Waals surface area contributed by atoms with Gasteiger partial charge >= 0.3 is 0 Å². The molecule has 12 heteroatoms. The molecule has 4 rings (SSSR count). The quantitative estimate of drug-likeness (QED) is 0.244. The normalized spacial score (nSPS) is 27.7. The zero-order valence-corrected chi connectivity index (χ0v) is 22.0. The molecule has 7 N–H and O–H groups in total. The van der Waals surface area contributed by atoms with Crippen molar-refractivity contribution in [2.24, 2.45) is 23.0 Å². The van der Waals surface area contributed by atoms with E-state index in [1.807, 2.05) is 20.8 Å². The second kappa shape index (κ2) is 8.71. The van der Waals surface area contributed by atoms with Gasteiger partial charge in [-0.15, -0.1) is 0 Å². The Kier molecular flexibility index (Phi) is 6.33. The Morgan fingerprint density at radius 2 is 1.86 bits per heavy atom. The number of hydrogen-bond acceptors (Lipinski definition) is 10. The van der Waals surface area contributed by atoms with Gasteiger partial charge in [-0.3, -0.25) is 19.3 Å². The van der Waals surface area contributed by atoms with Crippen LogP contribution < -0.4 is 11.1 Å². The molecule has 1 aromatic heterocycles. The minimum absolute atomic E-state index is 0.0128. The van der Waals surface area contributed by atoms with E-state index in [9.17, 15) is 34.8 Å². The van der Waals surface area contributed by atoms with Crippen LogP contribution in [0.1, 0.15) is 38.3 Å². The van der Waals surface area contributed by atoms with Gasteiger partial charge in [-0.25, -0.2) is 4.98 Å². The number of primary amides is 1. The topological polar surface area (TPSA) is 186 Å². The van der Waals surface area contributed by atoms with Crippen LogP contribution in [0.5, 0.6) is 5.75 Å². The molecule has 200 valence electrons. The molecule has 1 amide bonds. The van der Waals surface area contributed by atoms with Crippen molar-refractivity contribution in [3.05, 3.63) is 33.2 Å². The monoisotopic (exact) mass is 534 g/mol. The largest absolute Gasteiger partial charge is 0.508 e. The lowest BCUT2D eigenvalue weighted by Crippen LogP contribution is -2.65. The Morgan fingerprint density at radius 1 is 1.24 bits per heavy atom. The maximum atomic E-state index is 13.8. The molecular weight excluding hydrogens is 504 g/mol. The van der Waals surface area contributed by atoms with Gasteiger partial charge in [0.05, 0.1) is 11.6 Å². The Balaban J connectivity index is 1.91. The van der Waals surface area contributed by atoms with Gasteiger partial charge in [0.2, 0.25) is 5.78 Å². The Labute approximate surface area is 218 Å². The number of carbonyl (C=O) groups excluding carboxylic acids is 3. The zero-order chi connectivity index (χ0) is 27.8. The lowest BCUT2D eigenvalue weighted by atomic mass is 9.57. The van der Waals surface area contributed by atoms with Gasteiger partial charge in [-0.05, 0) is 38.3 Å². The third-order valence-electron chi connectivity index (χ3n) is 7.32. The van der Waals surface area contributed by atoms with E-state index in [2.05, 4.69) is 10.3 Å². The lowest BCUT2D eigenvalue weighted by molar-refractivity contribution is -0.153. The number of ketones is 2. The van der Waals surface area contributed by atoms with E-state index in [4.69, 9.17) is 17.3 Å². The molecule has 0 aromatic carbocycles. The van der Waals surface area contributed by atoms with E-state index < -0.39 is 63.8 Å². The molecule has 0 radical (unpaired) electrons. The fourth-order valence-electron chi connectivity index (χ4n) is 5.63. The summed E-state index contributed by atoms with van der Waals surface area (Å²) in [5, 5.41) is 47.8. The maximum Gasteiger partial charge on any atom is 0.255 e. The third kappa shape index (κ3) is 3.96. The number of nitrogens with zero attached hydrogens (tertiary/aromatic N) is 2. The molecular formula is C25H31ClN4O7. The summed E-state index contributed by atoms with van der Waals surface area (Å²) in [6.45, 7) is 6.32.